The minimum Gasteiger partial charge on any atom is -0.360 e. The zero-order valence-corrected chi connectivity index (χ0v) is 13.1. The van der Waals surface area contributed by atoms with Gasteiger partial charge >= 0.3 is 0 Å². The van der Waals surface area contributed by atoms with Gasteiger partial charge in [-0.1, -0.05) is 25.9 Å². The first-order chi connectivity index (χ1) is 9.09. The molecule has 1 fully saturated rings. The summed E-state index contributed by atoms with van der Waals surface area (Å²) in [6, 6.07) is 2.08. The van der Waals surface area contributed by atoms with E-state index >= 15 is 0 Å². The number of thioether (sulfide) groups is 1. The lowest BCUT2D eigenvalue weighted by molar-refractivity contribution is 0.238. The lowest BCUT2D eigenvalue weighted by Crippen LogP contribution is -2.26. The highest BCUT2D eigenvalue weighted by atomic mass is 32.2. The van der Waals surface area contributed by atoms with Gasteiger partial charge in [-0.05, 0) is 19.5 Å². The molecule has 1 N–H and O–H groups in total. The Labute approximate surface area is 120 Å². The topological polar surface area (TPSA) is 41.3 Å². The van der Waals surface area contributed by atoms with Gasteiger partial charge in [0.05, 0.1) is 12.2 Å². The molecule has 108 valence electrons. The first-order valence-electron chi connectivity index (χ1n) is 7.10. The van der Waals surface area contributed by atoms with E-state index in [0.29, 0.717) is 4.75 Å². The van der Waals surface area contributed by atoms with Crippen molar-refractivity contribution in [2.75, 3.05) is 25.4 Å². The van der Waals surface area contributed by atoms with Crippen LogP contribution in [0.2, 0.25) is 0 Å². The van der Waals surface area contributed by atoms with Crippen LogP contribution >= 0.6 is 11.8 Å². The van der Waals surface area contributed by atoms with Crippen LogP contribution in [0.5, 0.6) is 0 Å². The second-order valence-electron chi connectivity index (χ2n) is 5.70. The zero-order chi connectivity index (χ0) is 13.7. The molecule has 0 aromatic carbocycles. The number of aromatic nitrogens is 1. The number of hydrogen-bond donors (Lipinski definition) is 1. The number of nitrogens with one attached hydrogen (secondary N) is 1. The Balaban J connectivity index is 1.85. The van der Waals surface area contributed by atoms with Crippen molar-refractivity contribution in [2.45, 2.75) is 45.0 Å². The molecule has 2 rings (SSSR count). The van der Waals surface area contributed by atoms with Crippen LogP contribution in [0.3, 0.4) is 0 Å². The maximum atomic E-state index is 5.42. The maximum absolute atomic E-state index is 5.42. The van der Waals surface area contributed by atoms with Crippen molar-refractivity contribution < 1.29 is 4.52 Å². The lowest BCUT2D eigenvalue weighted by atomic mass is 10.1. The van der Waals surface area contributed by atoms with Crippen molar-refractivity contribution in [3.8, 4) is 0 Å². The molecule has 0 radical (unpaired) electrons. The summed E-state index contributed by atoms with van der Waals surface area (Å²) in [5.41, 5.74) is 1.00. The molecule has 5 heteroatoms. The number of hydrogen-bond acceptors (Lipinski definition) is 5. The number of nitrogens with zero attached hydrogens (tertiary/aromatic N) is 2. The van der Waals surface area contributed by atoms with E-state index in [2.05, 4.69) is 54.0 Å². The zero-order valence-electron chi connectivity index (χ0n) is 12.2. The second-order valence-corrected chi connectivity index (χ2v) is 7.50. The minimum atomic E-state index is 0.409. The third-order valence-electron chi connectivity index (χ3n) is 3.47. The van der Waals surface area contributed by atoms with Gasteiger partial charge in [-0.25, -0.2) is 0 Å². The molecule has 0 amide bonds. The van der Waals surface area contributed by atoms with Gasteiger partial charge in [0, 0.05) is 29.7 Å². The Morgan fingerprint density at radius 1 is 1.47 bits per heavy atom. The average Bonchev–Trinajstić information content (AvgIpc) is 2.73. The van der Waals surface area contributed by atoms with E-state index in [1.54, 1.807) is 0 Å². The van der Waals surface area contributed by atoms with Crippen molar-refractivity contribution in [3.63, 3.8) is 0 Å². The molecule has 2 heterocycles. The smallest absolute Gasteiger partial charge is 0.151 e. The predicted octanol–water partition coefficient (Wildman–Crippen LogP) is 2.50. The summed E-state index contributed by atoms with van der Waals surface area (Å²) in [6.45, 7) is 11.7. The van der Waals surface area contributed by atoms with Crippen molar-refractivity contribution >= 4 is 11.8 Å². The van der Waals surface area contributed by atoms with Gasteiger partial charge in [-0.2, -0.15) is 11.8 Å². The molecule has 1 aromatic rings. The van der Waals surface area contributed by atoms with Crippen LogP contribution in [-0.2, 0) is 13.1 Å². The first kappa shape index (κ1) is 14.9. The first-order valence-corrected chi connectivity index (χ1v) is 8.09. The van der Waals surface area contributed by atoms with E-state index in [-0.39, 0.29) is 0 Å². The Hall–Kier alpha value is -0.520. The molecule has 1 aliphatic rings. The fraction of sp³-hybridized carbons (Fsp3) is 0.786. The van der Waals surface area contributed by atoms with E-state index in [0.717, 1.165) is 44.2 Å². The van der Waals surface area contributed by atoms with Crippen molar-refractivity contribution in [1.29, 1.82) is 0 Å². The fourth-order valence-electron chi connectivity index (χ4n) is 2.21. The summed E-state index contributed by atoms with van der Waals surface area (Å²) in [5.74, 6) is 2.18. The van der Waals surface area contributed by atoms with E-state index in [4.69, 9.17) is 4.52 Å². The van der Waals surface area contributed by atoms with Gasteiger partial charge in [-0.3, -0.25) is 4.90 Å². The van der Waals surface area contributed by atoms with E-state index in [1.165, 1.54) is 12.2 Å². The van der Waals surface area contributed by atoms with E-state index in [9.17, 15) is 0 Å². The standard InChI is InChI=1S/C14H25N3OS/c1-4-15-10-12-9-13(18-16-12)11-17-6-5-14(2,3)19-8-7-17/h9,15H,4-8,10-11H2,1-3H3. The minimum absolute atomic E-state index is 0.409. The normalized spacial score (nSPS) is 20.4. The van der Waals surface area contributed by atoms with E-state index < -0.39 is 0 Å². The molecule has 19 heavy (non-hydrogen) atoms. The molecule has 0 unspecified atom stereocenters. The lowest BCUT2D eigenvalue weighted by Gasteiger charge is -2.21. The molecule has 1 saturated heterocycles. The van der Waals surface area contributed by atoms with Crippen LogP contribution in [0.1, 0.15) is 38.6 Å². The third kappa shape index (κ3) is 4.82. The summed E-state index contributed by atoms with van der Waals surface area (Å²) < 4.78 is 5.83. The van der Waals surface area contributed by atoms with Crippen molar-refractivity contribution in [1.82, 2.24) is 15.4 Å². The van der Waals surface area contributed by atoms with E-state index in [1.807, 2.05) is 0 Å². The molecule has 0 atom stereocenters. The maximum Gasteiger partial charge on any atom is 0.151 e. The van der Waals surface area contributed by atoms with Gasteiger partial charge in [0.15, 0.2) is 5.76 Å². The van der Waals surface area contributed by atoms with Crippen LogP contribution in [0, 0.1) is 0 Å². The molecule has 1 aromatic heterocycles. The Morgan fingerprint density at radius 3 is 3.11 bits per heavy atom. The summed E-state index contributed by atoms with van der Waals surface area (Å²) >= 11 is 2.07. The summed E-state index contributed by atoms with van der Waals surface area (Å²) in [7, 11) is 0. The molecular weight excluding hydrogens is 258 g/mol. The summed E-state index contributed by atoms with van der Waals surface area (Å²) in [6.07, 6.45) is 1.23. The van der Waals surface area contributed by atoms with Crippen LogP contribution in [0.25, 0.3) is 0 Å². The molecule has 1 aliphatic heterocycles. The second kappa shape index (κ2) is 6.77. The van der Waals surface area contributed by atoms with Crippen molar-refractivity contribution in [3.05, 3.63) is 17.5 Å². The Bertz CT molecular complexity index is 392. The van der Waals surface area contributed by atoms with Crippen LogP contribution in [-0.4, -0.2) is 40.2 Å². The highest BCUT2D eigenvalue weighted by molar-refractivity contribution is 8.00. The highest BCUT2D eigenvalue weighted by Gasteiger charge is 2.24. The van der Waals surface area contributed by atoms with Gasteiger partial charge < -0.3 is 9.84 Å². The van der Waals surface area contributed by atoms with Crippen LogP contribution < -0.4 is 5.32 Å². The van der Waals surface area contributed by atoms with Gasteiger partial charge in [0.2, 0.25) is 0 Å². The van der Waals surface area contributed by atoms with Crippen LogP contribution in [0.4, 0.5) is 0 Å². The average molecular weight is 283 g/mol. The number of rotatable bonds is 5. The Morgan fingerprint density at radius 2 is 2.32 bits per heavy atom. The van der Waals surface area contributed by atoms with Gasteiger partial charge in [0.25, 0.3) is 0 Å². The SMILES string of the molecule is CCNCc1cc(CN2CCSC(C)(C)CC2)on1. The van der Waals surface area contributed by atoms with Gasteiger partial charge in [-0.15, -0.1) is 0 Å². The summed E-state index contributed by atoms with van der Waals surface area (Å²) in [5, 5.41) is 7.36. The molecule has 0 spiro atoms. The molecule has 0 bridgehead atoms. The molecule has 0 saturated carbocycles. The highest BCUT2D eigenvalue weighted by Crippen LogP contribution is 2.31. The van der Waals surface area contributed by atoms with Gasteiger partial charge in [0.1, 0.15) is 0 Å². The van der Waals surface area contributed by atoms with Crippen molar-refractivity contribution in [2.24, 2.45) is 0 Å². The predicted molar refractivity (Wildman–Crippen MR) is 80.3 cm³/mol. The monoisotopic (exact) mass is 283 g/mol. The Kier molecular flexibility index (Phi) is 5.30. The molecule has 4 nitrogen and oxygen atoms in total. The van der Waals surface area contributed by atoms with Crippen LogP contribution in [0.15, 0.2) is 10.6 Å². The largest absolute Gasteiger partial charge is 0.360 e. The quantitative estimate of drug-likeness (QED) is 0.899. The molecule has 0 aliphatic carbocycles. The molecular formula is C14H25N3OS. The summed E-state index contributed by atoms with van der Waals surface area (Å²) in [4.78, 5) is 2.47. The third-order valence-corrected chi connectivity index (χ3v) is 4.85. The fourth-order valence-corrected chi connectivity index (χ4v) is 3.35.